The summed E-state index contributed by atoms with van der Waals surface area (Å²) in [5.74, 6) is 1.59. The van der Waals surface area contributed by atoms with E-state index < -0.39 is 5.41 Å². The molecule has 0 radical (unpaired) electrons. The first-order valence-electron chi connectivity index (χ1n) is 11.7. The topological polar surface area (TPSA) is 74.3 Å². The van der Waals surface area contributed by atoms with E-state index in [1.165, 1.54) is 0 Å². The molecule has 2 aliphatic heterocycles. The average molecular weight is 452 g/mol. The maximum atomic E-state index is 13.4. The molecule has 3 aliphatic rings. The van der Waals surface area contributed by atoms with Crippen LogP contribution >= 0.6 is 0 Å². The number of rotatable bonds is 5. The Labute approximate surface area is 193 Å². The summed E-state index contributed by atoms with van der Waals surface area (Å²) in [6, 6.07) is 11.4. The van der Waals surface area contributed by atoms with Gasteiger partial charge in [-0.2, -0.15) is 0 Å². The molecule has 1 amide bonds. The molecule has 1 saturated carbocycles. The molecule has 33 heavy (non-hydrogen) atoms. The molecular weight excluding hydrogens is 422 g/mol. The van der Waals surface area contributed by atoms with Gasteiger partial charge in [-0.25, -0.2) is 0 Å². The third-order valence-electron chi connectivity index (χ3n) is 6.98. The van der Waals surface area contributed by atoms with Crippen molar-refractivity contribution in [2.75, 3.05) is 38.4 Å². The summed E-state index contributed by atoms with van der Waals surface area (Å²) in [5, 5.41) is 0. The Hall–Kier alpha value is -3.22. The van der Waals surface area contributed by atoms with E-state index in [1.54, 1.807) is 12.0 Å². The van der Waals surface area contributed by atoms with Gasteiger partial charge in [0.05, 0.1) is 12.5 Å². The normalized spacial score (nSPS) is 18.4. The fourth-order valence-corrected chi connectivity index (χ4v) is 5.23. The average Bonchev–Trinajstić information content (AvgIpc) is 3.37. The number of methoxy groups -OCH3 is 1. The lowest BCUT2D eigenvalue weighted by Gasteiger charge is -2.31. The van der Waals surface area contributed by atoms with Crippen molar-refractivity contribution in [3.05, 3.63) is 47.5 Å². The van der Waals surface area contributed by atoms with E-state index in [1.807, 2.05) is 36.4 Å². The number of hydrogen-bond donors (Lipinski definition) is 0. The van der Waals surface area contributed by atoms with Gasteiger partial charge in [-0.1, -0.05) is 18.9 Å². The predicted molar refractivity (Wildman–Crippen MR) is 122 cm³/mol. The zero-order chi connectivity index (χ0) is 22.8. The van der Waals surface area contributed by atoms with Crippen LogP contribution in [0.1, 0.15) is 43.2 Å². The highest BCUT2D eigenvalue weighted by Gasteiger charge is 2.45. The molecule has 1 aliphatic carbocycles. The van der Waals surface area contributed by atoms with Crippen LogP contribution in [0.4, 0.5) is 5.69 Å². The molecule has 7 nitrogen and oxygen atoms in total. The van der Waals surface area contributed by atoms with Crippen LogP contribution in [-0.2, 0) is 26.2 Å². The quantitative estimate of drug-likeness (QED) is 0.644. The Morgan fingerprint density at radius 1 is 1.00 bits per heavy atom. The number of aryl methyl sites for hydroxylation is 1. The molecule has 5 rings (SSSR count). The molecule has 2 aromatic rings. The van der Waals surface area contributed by atoms with E-state index in [-0.39, 0.29) is 18.5 Å². The smallest absolute Gasteiger partial charge is 0.317 e. The van der Waals surface area contributed by atoms with Gasteiger partial charge < -0.3 is 23.8 Å². The van der Waals surface area contributed by atoms with Gasteiger partial charge in [-0.15, -0.1) is 0 Å². The van der Waals surface area contributed by atoms with Crippen LogP contribution in [-0.4, -0.2) is 45.4 Å². The molecule has 174 valence electrons. The maximum Gasteiger partial charge on any atom is 0.317 e. The van der Waals surface area contributed by atoms with Gasteiger partial charge in [-0.05, 0) is 67.1 Å². The zero-order valence-corrected chi connectivity index (χ0v) is 18.9. The predicted octanol–water partition coefficient (Wildman–Crippen LogP) is 3.80. The summed E-state index contributed by atoms with van der Waals surface area (Å²) in [6.45, 7) is 1.36. The number of esters is 1. The van der Waals surface area contributed by atoms with Crippen molar-refractivity contribution in [3.8, 4) is 17.2 Å². The monoisotopic (exact) mass is 451 g/mol. The van der Waals surface area contributed by atoms with Crippen LogP contribution in [0.3, 0.4) is 0 Å². The van der Waals surface area contributed by atoms with Gasteiger partial charge in [0.2, 0.25) is 0 Å². The SMILES string of the molecule is COc1ccc2c(c1)CCCN2C(=O)COC(=O)C1(c2ccc3c(c2)OCCO3)CCCC1. The molecular formula is C26H29NO6. The Morgan fingerprint density at radius 3 is 2.58 bits per heavy atom. The van der Waals surface area contributed by atoms with Crippen molar-refractivity contribution >= 4 is 17.6 Å². The minimum atomic E-state index is -0.747. The number of hydrogen-bond acceptors (Lipinski definition) is 6. The van der Waals surface area contributed by atoms with E-state index in [0.717, 1.165) is 48.2 Å². The van der Waals surface area contributed by atoms with Crippen LogP contribution in [0.15, 0.2) is 36.4 Å². The van der Waals surface area contributed by atoms with Gasteiger partial charge in [0.15, 0.2) is 18.1 Å². The third kappa shape index (κ3) is 4.01. The molecule has 0 bridgehead atoms. The van der Waals surface area contributed by atoms with Gasteiger partial charge in [0.1, 0.15) is 19.0 Å². The van der Waals surface area contributed by atoms with Crippen LogP contribution in [0, 0.1) is 0 Å². The third-order valence-corrected chi connectivity index (χ3v) is 6.98. The summed E-state index contributed by atoms with van der Waals surface area (Å²) < 4.78 is 22.3. The second-order valence-electron chi connectivity index (χ2n) is 8.87. The van der Waals surface area contributed by atoms with E-state index in [9.17, 15) is 9.59 Å². The van der Waals surface area contributed by atoms with E-state index in [0.29, 0.717) is 44.1 Å². The zero-order valence-electron chi connectivity index (χ0n) is 18.9. The summed E-state index contributed by atoms with van der Waals surface area (Å²) in [7, 11) is 1.63. The fourth-order valence-electron chi connectivity index (χ4n) is 5.23. The van der Waals surface area contributed by atoms with Crippen LogP contribution in [0.25, 0.3) is 0 Å². The highest BCUT2D eigenvalue weighted by molar-refractivity contribution is 5.97. The molecule has 7 heteroatoms. The molecule has 0 N–H and O–H groups in total. The van der Waals surface area contributed by atoms with E-state index in [2.05, 4.69) is 0 Å². The maximum absolute atomic E-state index is 13.4. The number of carbonyl (C=O) groups is 2. The van der Waals surface area contributed by atoms with Gasteiger partial charge in [0, 0.05) is 12.2 Å². The standard InChI is InChI=1S/C26H29NO6/c1-30-20-7-8-21-18(15-20)5-4-12-27(21)24(28)17-33-25(29)26(10-2-3-11-26)19-6-9-22-23(16-19)32-14-13-31-22/h6-9,15-16H,2-5,10-14,17H2,1H3. The summed E-state index contributed by atoms with van der Waals surface area (Å²) in [4.78, 5) is 28.1. The molecule has 0 saturated heterocycles. The summed E-state index contributed by atoms with van der Waals surface area (Å²) >= 11 is 0. The molecule has 0 unspecified atom stereocenters. The first-order valence-corrected chi connectivity index (χ1v) is 11.7. The molecule has 0 atom stereocenters. The van der Waals surface area contributed by atoms with Crippen LogP contribution in [0.2, 0.25) is 0 Å². The number of nitrogens with zero attached hydrogens (tertiary/aromatic N) is 1. The largest absolute Gasteiger partial charge is 0.497 e. The van der Waals surface area contributed by atoms with Crippen molar-refractivity contribution in [1.82, 2.24) is 0 Å². The van der Waals surface area contributed by atoms with E-state index in [4.69, 9.17) is 18.9 Å². The van der Waals surface area contributed by atoms with Crippen molar-refractivity contribution in [2.24, 2.45) is 0 Å². The van der Waals surface area contributed by atoms with Crippen LogP contribution in [0.5, 0.6) is 17.2 Å². The minimum Gasteiger partial charge on any atom is -0.497 e. The fraction of sp³-hybridized carbons (Fsp3) is 0.462. The van der Waals surface area contributed by atoms with Gasteiger partial charge in [-0.3, -0.25) is 9.59 Å². The van der Waals surface area contributed by atoms with Gasteiger partial charge in [0.25, 0.3) is 5.91 Å². The van der Waals surface area contributed by atoms with Crippen LogP contribution < -0.4 is 19.1 Å². The van der Waals surface area contributed by atoms with Gasteiger partial charge >= 0.3 is 5.97 Å². The number of fused-ring (bicyclic) bond motifs is 2. The second kappa shape index (κ2) is 8.96. The summed E-state index contributed by atoms with van der Waals surface area (Å²) in [5.41, 5.74) is 2.06. The molecule has 1 fully saturated rings. The molecule has 0 aromatic heterocycles. The lowest BCUT2D eigenvalue weighted by atomic mass is 9.78. The van der Waals surface area contributed by atoms with Crippen molar-refractivity contribution in [3.63, 3.8) is 0 Å². The lowest BCUT2D eigenvalue weighted by molar-refractivity contribution is -0.153. The Balaban J connectivity index is 1.31. The van der Waals surface area contributed by atoms with E-state index >= 15 is 0 Å². The molecule has 0 spiro atoms. The highest BCUT2D eigenvalue weighted by atomic mass is 16.6. The lowest BCUT2D eigenvalue weighted by Crippen LogP contribution is -2.41. The van der Waals surface area contributed by atoms with Crippen molar-refractivity contribution < 1.29 is 28.5 Å². The number of anilines is 1. The number of ether oxygens (including phenoxy) is 4. The molecule has 2 aromatic carbocycles. The Morgan fingerprint density at radius 2 is 1.79 bits per heavy atom. The second-order valence-corrected chi connectivity index (χ2v) is 8.87. The summed E-state index contributed by atoms with van der Waals surface area (Å²) in [6.07, 6.45) is 5.04. The first-order chi connectivity index (χ1) is 16.1. The first kappa shape index (κ1) is 21.6. The molecule has 2 heterocycles. The highest BCUT2D eigenvalue weighted by Crippen LogP contribution is 2.45. The van der Waals surface area contributed by atoms with Crippen molar-refractivity contribution in [2.45, 2.75) is 43.9 Å². The number of amides is 1. The number of carbonyl (C=O) groups excluding carboxylic acids is 2. The Bertz CT molecular complexity index is 1060. The number of benzene rings is 2. The van der Waals surface area contributed by atoms with Crippen molar-refractivity contribution in [1.29, 1.82) is 0 Å². The minimum absolute atomic E-state index is 0.204. The Kier molecular flexibility index (Phi) is 5.87.